The maximum Gasteiger partial charge on any atom is 0.0999 e. The molecule has 80 heavy (non-hydrogen) atoms. The summed E-state index contributed by atoms with van der Waals surface area (Å²) in [6.07, 6.45) is 0. The van der Waals surface area contributed by atoms with E-state index < -0.39 is 0 Å². The maximum atomic E-state index is 10.5. The van der Waals surface area contributed by atoms with Crippen LogP contribution in [0.15, 0.2) is 231 Å². The smallest absolute Gasteiger partial charge is 0.0999 e. The van der Waals surface area contributed by atoms with Crippen LogP contribution in [0.25, 0.3) is 122 Å². The normalized spacial score (nSPS) is 10.9. The number of nitrogens with zero attached hydrogens (tertiary/aromatic N) is 8. The van der Waals surface area contributed by atoms with Gasteiger partial charge in [-0.3, -0.25) is 0 Å². The Morgan fingerprint density at radius 2 is 0.512 bits per heavy atom. The third kappa shape index (κ3) is 7.88. The van der Waals surface area contributed by atoms with E-state index in [0.29, 0.717) is 22.3 Å². The molecule has 11 aromatic carbocycles. The van der Waals surface area contributed by atoms with Crippen molar-refractivity contribution in [1.82, 2.24) is 9.13 Å². The zero-order valence-electron chi connectivity index (χ0n) is 42.5. The van der Waals surface area contributed by atoms with E-state index in [9.17, 15) is 31.6 Å². The minimum absolute atomic E-state index is 0.219. The van der Waals surface area contributed by atoms with Gasteiger partial charge in [0, 0.05) is 44.0 Å². The summed E-state index contributed by atoms with van der Waals surface area (Å²) in [5.41, 5.74) is 16.6. The van der Waals surface area contributed by atoms with Crippen LogP contribution in [-0.2, 0) is 0 Å². The maximum absolute atomic E-state index is 10.5. The molecule has 366 valence electrons. The minimum Gasteiger partial charge on any atom is -0.309 e. The molecule has 13 rings (SSSR count). The molecule has 13 aromatic rings. The zero-order chi connectivity index (χ0) is 54.4. The molecule has 8 heteroatoms. The van der Waals surface area contributed by atoms with Crippen LogP contribution in [0.2, 0.25) is 0 Å². The first kappa shape index (κ1) is 47.7. The number of aromatic nitrogens is 2. The fourth-order valence-corrected chi connectivity index (χ4v) is 11.7. The number of fused-ring (bicyclic) bond motifs is 6. The van der Waals surface area contributed by atoms with Gasteiger partial charge >= 0.3 is 0 Å². The predicted molar refractivity (Wildman–Crippen MR) is 316 cm³/mol. The average molecular weight is 1020 g/mol. The SMILES string of the molecule is N#Cc1cc(C#N)c(-c2cccc(-c3cc(-c4cccc(-n5c6ccccc6c6ccccc65)c4)c(-c4cccc(-c5c(C#N)cc(C#N)cc5C#N)c4)cc3-c3cccc(-n4c5ccccc5c5ccccc54)c3)c2)c(C#N)c1. The lowest BCUT2D eigenvalue weighted by Crippen LogP contribution is -1.98. The van der Waals surface area contributed by atoms with Crippen LogP contribution in [0, 0.1) is 68.0 Å². The summed E-state index contributed by atoms with van der Waals surface area (Å²) in [5, 5.41) is 66.3. The fraction of sp³-hybridized carbons (Fsp3) is 0. The highest BCUT2D eigenvalue weighted by molar-refractivity contribution is 6.10. The molecule has 0 amide bonds. The first-order valence-corrected chi connectivity index (χ1v) is 25.7. The molecule has 0 atom stereocenters. The van der Waals surface area contributed by atoms with Crippen molar-refractivity contribution in [2.45, 2.75) is 0 Å². The Kier molecular flexibility index (Phi) is 11.7. The number of hydrogen-bond donors (Lipinski definition) is 0. The van der Waals surface area contributed by atoms with Crippen LogP contribution in [-0.4, -0.2) is 9.13 Å². The topological polar surface area (TPSA) is 153 Å². The molecule has 0 saturated heterocycles. The van der Waals surface area contributed by atoms with Crippen LogP contribution in [0.5, 0.6) is 0 Å². The lowest BCUT2D eigenvalue weighted by atomic mass is 9.83. The van der Waals surface area contributed by atoms with Gasteiger partial charge in [-0.05, 0) is 153 Å². The molecule has 0 saturated carbocycles. The van der Waals surface area contributed by atoms with Crippen LogP contribution in [0.4, 0.5) is 0 Å². The van der Waals surface area contributed by atoms with E-state index in [-0.39, 0.29) is 33.4 Å². The second-order valence-electron chi connectivity index (χ2n) is 19.5. The molecule has 0 spiro atoms. The molecule has 0 aliphatic heterocycles. The lowest BCUT2D eigenvalue weighted by molar-refractivity contribution is 1.18. The molecular weight excluding hydrogens is 977 g/mol. The van der Waals surface area contributed by atoms with Crippen molar-refractivity contribution in [3.05, 3.63) is 264 Å². The predicted octanol–water partition coefficient (Wildman–Crippen LogP) is 17.1. The van der Waals surface area contributed by atoms with Crippen molar-refractivity contribution in [2.75, 3.05) is 0 Å². The van der Waals surface area contributed by atoms with Crippen molar-refractivity contribution in [3.63, 3.8) is 0 Å². The molecule has 2 heterocycles. The standard InChI is InChI=1S/C72H38N8/c73-39-45-29-53(41-75)71(54(30-45)42-76)51-17-9-13-47(33-51)63-38-66(50-16-12-20-58(36-50)80-69-27-7-3-23-61(69)62-24-4-8-28-70(62)80)64(48-14-10-18-52(34-48)72-55(43-77)31-46(40-74)32-56(72)44-78)37-65(63)49-15-11-19-57(35-49)79-67-25-5-1-21-59(67)60-22-2-6-26-68(60)79/h1-38H. The molecule has 0 fully saturated rings. The van der Waals surface area contributed by atoms with E-state index in [1.165, 1.54) is 24.3 Å². The molecule has 0 bridgehead atoms. The Balaban J connectivity index is 1.12. The van der Waals surface area contributed by atoms with E-state index in [1.807, 2.05) is 48.5 Å². The Hall–Kier alpha value is -12.0. The number of nitriles is 6. The van der Waals surface area contributed by atoms with Gasteiger partial charge in [0.05, 0.1) is 91.9 Å². The summed E-state index contributed by atoms with van der Waals surface area (Å²) in [7, 11) is 0. The third-order valence-corrected chi connectivity index (χ3v) is 15.1. The van der Waals surface area contributed by atoms with Crippen LogP contribution in [0.1, 0.15) is 33.4 Å². The molecule has 2 aromatic heterocycles. The summed E-state index contributed by atoms with van der Waals surface area (Å²) >= 11 is 0. The van der Waals surface area contributed by atoms with E-state index in [0.717, 1.165) is 99.5 Å². The molecular formula is C72H38N8. The summed E-state index contributed by atoms with van der Waals surface area (Å²) in [6.45, 7) is 0. The highest BCUT2D eigenvalue weighted by Crippen LogP contribution is 2.46. The van der Waals surface area contributed by atoms with E-state index in [2.05, 4.69) is 203 Å². The van der Waals surface area contributed by atoms with Crippen molar-refractivity contribution >= 4 is 43.6 Å². The summed E-state index contributed by atoms with van der Waals surface area (Å²) < 4.78 is 4.59. The molecule has 0 unspecified atom stereocenters. The Labute approximate surface area is 460 Å². The number of rotatable bonds is 8. The van der Waals surface area contributed by atoms with Gasteiger partial charge in [-0.1, -0.05) is 133 Å². The molecule has 0 aliphatic rings. The van der Waals surface area contributed by atoms with Crippen LogP contribution >= 0.6 is 0 Å². The summed E-state index contributed by atoms with van der Waals surface area (Å²) in [5.74, 6) is 0. The number of para-hydroxylation sites is 4. The highest BCUT2D eigenvalue weighted by Gasteiger charge is 2.23. The van der Waals surface area contributed by atoms with Crippen LogP contribution in [0.3, 0.4) is 0 Å². The van der Waals surface area contributed by atoms with Crippen LogP contribution < -0.4 is 0 Å². The monoisotopic (exact) mass is 1010 g/mol. The largest absolute Gasteiger partial charge is 0.309 e. The molecule has 0 radical (unpaired) electrons. The molecule has 0 N–H and O–H groups in total. The first-order chi connectivity index (χ1) is 39.4. The van der Waals surface area contributed by atoms with Gasteiger partial charge in [-0.25, -0.2) is 0 Å². The Morgan fingerprint density at radius 1 is 0.237 bits per heavy atom. The van der Waals surface area contributed by atoms with Crippen molar-refractivity contribution in [2.24, 2.45) is 0 Å². The van der Waals surface area contributed by atoms with Gasteiger partial charge in [0.1, 0.15) is 0 Å². The van der Waals surface area contributed by atoms with Gasteiger partial charge in [0.2, 0.25) is 0 Å². The lowest BCUT2D eigenvalue weighted by Gasteiger charge is -2.21. The quantitative estimate of drug-likeness (QED) is 0.148. The summed E-state index contributed by atoms with van der Waals surface area (Å²) in [6, 6.07) is 90.2. The highest BCUT2D eigenvalue weighted by atomic mass is 15.0. The fourth-order valence-electron chi connectivity index (χ4n) is 11.7. The van der Waals surface area contributed by atoms with Gasteiger partial charge in [-0.2, -0.15) is 31.6 Å². The number of hydrogen-bond acceptors (Lipinski definition) is 6. The second kappa shape index (κ2) is 19.6. The summed E-state index contributed by atoms with van der Waals surface area (Å²) in [4.78, 5) is 0. The van der Waals surface area contributed by atoms with Gasteiger partial charge in [0.15, 0.2) is 0 Å². The average Bonchev–Trinajstić information content (AvgIpc) is 4.09. The van der Waals surface area contributed by atoms with Gasteiger partial charge < -0.3 is 9.13 Å². The van der Waals surface area contributed by atoms with E-state index in [1.54, 1.807) is 0 Å². The van der Waals surface area contributed by atoms with E-state index in [4.69, 9.17) is 0 Å². The zero-order valence-corrected chi connectivity index (χ0v) is 42.5. The van der Waals surface area contributed by atoms with Crippen molar-refractivity contribution in [1.29, 1.82) is 31.6 Å². The molecule has 8 nitrogen and oxygen atoms in total. The Bertz CT molecular complexity index is 4550. The third-order valence-electron chi connectivity index (χ3n) is 15.1. The van der Waals surface area contributed by atoms with Gasteiger partial charge in [-0.15, -0.1) is 0 Å². The minimum atomic E-state index is 0.219. The molecule has 0 aliphatic carbocycles. The second-order valence-corrected chi connectivity index (χ2v) is 19.5. The van der Waals surface area contributed by atoms with Crippen molar-refractivity contribution in [3.8, 4) is 115 Å². The van der Waals surface area contributed by atoms with Gasteiger partial charge in [0.25, 0.3) is 0 Å². The Morgan fingerprint density at radius 3 is 0.812 bits per heavy atom. The first-order valence-electron chi connectivity index (χ1n) is 25.7. The number of benzene rings is 11. The van der Waals surface area contributed by atoms with E-state index >= 15 is 0 Å². The van der Waals surface area contributed by atoms with Crippen molar-refractivity contribution < 1.29 is 0 Å².